The van der Waals surface area contributed by atoms with Crippen molar-refractivity contribution in [3.8, 4) is 0 Å². The van der Waals surface area contributed by atoms with Gasteiger partial charge >= 0.3 is 0 Å². The van der Waals surface area contributed by atoms with Crippen LogP contribution in [-0.4, -0.2) is 25.4 Å². The minimum absolute atomic E-state index is 0.0539. The average molecular weight is 310 g/mol. The standard InChI is InChI=1S/C19H22N2O2/c1-3-18(22)21(2)17-8-6-15(7-9-17)19(23)20-12-13-10-16(11-13)14-4-5-14/h3,6-9,13H,1,4-5,10-12H2,2H3,(H,20,23). The van der Waals surface area contributed by atoms with Crippen LogP contribution in [0, 0.1) is 5.92 Å². The van der Waals surface area contributed by atoms with Crippen LogP contribution in [0.1, 0.15) is 36.0 Å². The van der Waals surface area contributed by atoms with E-state index in [4.69, 9.17) is 0 Å². The second kappa shape index (κ2) is 6.41. The van der Waals surface area contributed by atoms with E-state index in [0.717, 1.165) is 25.1 Å². The number of likely N-dealkylation sites (N-methyl/N-ethyl adjacent to an activating group) is 1. The van der Waals surface area contributed by atoms with Gasteiger partial charge in [-0.15, -0.1) is 0 Å². The van der Waals surface area contributed by atoms with Crippen LogP contribution in [0.25, 0.3) is 0 Å². The molecule has 4 heteroatoms. The number of carbonyl (C=O) groups is 2. The first-order valence-corrected chi connectivity index (χ1v) is 8.06. The Labute approximate surface area is 136 Å². The summed E-state index contributed by atoms with van der Waals surface area (Å²) in [5.41, 5.74) is 4.64. The molecule has 2 amide bonds. The molecule has 0 unspecified atom stereocenters. The number of hydrogen-bond donors (Lipinski definition) is 1. The molecule has 3 rings (SSSR count). The van der Waals surface area contributed by atoms with Gasteiger partial charge in [0.25, 0.3) is 5.91 Å². The smallest absolute Gasteiger partial charge is 0.251 e. The summed E-state index contributed by atoms with van der Waals surface area (Å²) in [6.07, 6.45) is 6.17. The molecule has 2 aliphatic carbocycles. The predicted octanol–water partition coefficient (Wildman–Crippen LogP) is 3.07. The van der Waals surface area contributed by atoms with Gasteiger partial charge in [-0.3, -0.25) is 9.59 Å². The SMILES string of the molecule is C=CC(=O)N(C)c1ccc(C(=O)NCC2CC(=C3CC3)C2)cc1. The fraction of sp³-hybridized carbons (Fsp3) is 0.368. The molecule has 0 atom stereocenters. The maximum absolute atomic E-state index is 12.2. The van der Waals surface area contributed by atoms with Crippen molar-refractivity contribution in [2.75, 3.05) is 18.5 Å². The zero-order chi connectivity index (χ0) is 16.4. The van der Waals surface area contributed by atoms with Gasteiger partial charge in [-0.1, -0.05) is 17.7 Å². The first-order valence-electron chi connectivity index (χ1n) is 8.06. The fourth-order valence-corrected chi connectivity index (χ4v) is 2.93. The minimum atomic E-state index is -0.173. The summed E-state index contributed by atoms with van der Waals surface area (Å²) < 4.78 is 0. The third-order valence-electron chi connectivity index (χ3n) is 4.64. The Balaban J connectivity index is 1.50. The second-order valence-corrected chi connectivity index (χ2v) is 6.34. The molecule has 1 aromatic carbocycles. The lowest BCUT2D eigenvalue weighted by molar-refractivity contribution is -0.113. The van der Waals surface area contributed by atoms with E-state index in [0.29, 0.717) is 11.5 Å². The Morgan fingerprint density at radius 1 is 1.22 bits per heavy atom. The normalized spacial score (nSPS) is 18.9. The number of rotatable bonds is 5. The monoisotopic (exact) mass is 310 g/mol. The van der Waals surface area contributed by atoms with E-state index in [-0.39, 0.29) is 11.8 Å². The third kappa shape index (κ3) is 3.52. The van der Waals surface area contributed by atoms with E-state index < -0.39 is 0 Å². The molecule has 120 valence electrons. The number of amides is 2. The van der Waals surface area contributed by atoms with E-state index in [1.807, 2.05) is 0 Å². The second-order valence-electron chi connectivity index (χ2n) is 6.34. The summed E-state index contributed by atoms with van der Waals surface area (Å²) in [5, 5.41) is 3.01. The number of nitrogens with zero attached hydrogens (tertiary/aromatic N) is 1. The van der Waals surface area contributed by atoms with Crippen molar-refractivity contribution in [3.63, 3.8) is 0 Å². The van der Waals surface area contributed by atoms with E-state index in [1.54, 1.807) is 42.5 Å². The Hall–Kier alpha value is -2.36. The lowest BCUT2D eigenvalue weighted by Gasteiger charge is -2.29. The number of nitrogens with one attached hydrogen (secondary N) is 1. The van der Waals surface area contributed by atoms with Gasteiger partial charge in [0.2, 0.25) is 5.91 Å². The van der Waals surface area contributed by atoms with Crippen LogP contribution in [0.2, 0.25) is 0 Å². The maximum Gasteiger partial charge on any atom is 0.251 e. The Bertz CT molecular complexity index is 659. The zero-order valence-electron chi connectivity index (χ0n) is 13.5. The molecule has 0 heterocycles. The van der Waals surface area contributed by atoms with Gasteiger partial charge in [-0.05, 0) is 61.9 Å². The highest BCUT2D eigenvalue weighted by Crippen LogP contribution is 2.43. The molecule has 2 fully saturated rings. The van der Waals surface area contributed by atoms with Gasteiger partial charge in [0.1, 0.15) is 0 Å². The summed E-state index contributed by atoms with van der Waals surface area (Å²) in [6, 6.07) is 7.04. The molecule has 23 heavy (non-hydrogen) atoms. The highest BCUT2D eigenvalue weighted by molar-refractivity contribution is 6.01. The highest BCUT2D eigenvalue weighted by Gasteiger charge is 2.29. The number of anilines is 1. The molecule has 2 aliphatic rings. The summed E-state index contributed by atoms with van der Waals surface area (Å²) >= 11 is 0. The van der Waals surface area contributed by atoms with Gasteiger partial charge in [-0.25, -0.2) is 0 Å². The van der Waals surface area contributed by atoms with E-state index >= 15 is 0 Å². The molecule has 0 bridgehead atoms. The fourth-order valence-electron chi connectivity index (χ4n) is 2.93. The predicted molar refractivity (Wildman–Crippen MR) is 91.4 cm³/mol. The molecule has 1 N–H and O–H groups in total. The summed E-state index contributed by atoms with van der Waals surface area (Å²) in [7, 11) is 1.68. The van der Waals surface area contributed by atoms with Crippen molar-refractivity contribution >= 4 is 17.5 Å². The van der Waals surface area contributed by atoms with Crippen LogP contribution in [0.15, 0.2) is 48.1 Å². The molecular weight excluding hydrogens is 288 g/mol. The third-order valence-corrected chi connectivity index (χ3v) is 4.64. The zero-order valence-corrected chi connectivity index (χ0v) is 13.5. The Kier molecular flexibility index (Phi) is 4.33. The van der Waals surface area contributed by atoms with E-state index in [9.17, 15) is 9.59 Å². The first kappa shape index (κ1) is 15.5. The van der Waals surface area contributed by atoms with Crippen molar-refractivity contribution in [3.05, 3.63) is 53.6 Å². The largest absolute Gasteiger partial charge is 0.352 e. The van der Waals surface area contributed by atoms with Gasteiger partial charge < -0.3 is 10.2 Å². The van der Waals surface area contributed by atoms with Gasteiger partial charge in [0.15, 0.2) is 0 Å². The van der Waals surface area contributed by atoms with Crippen molar-refractivity contribution in [2.45, 2.75) is 25.7 Å². The average Bonchev–Trinajstić information content (AvgIpc) is 3.36. The number of hydrogen-bond acceptors (Lipinski definition) is 2. The summed E-state index contributed by atoms with van der Waals surface area (Å²) in [5.74, 6) is 0.368. The molecule has 4 nitrogen and oxygen atoms in total. The molecule has 0 spiro atoms. The Morgan fingerprint density at radius 2 is 1.87 bits per heavy atom. The van der Waals surface area contributed by atoms with Crippen LogP contribution in [-0.2, 0) is 4.79 Å². The van der Waals surface area contributed by atoms with E-state index in [1.165, 1.54) is 23.8 Å². The quantitative estimate of drug-likeness (QED) is 0.671. The van der Waals surface area contributed by atoms with Crippen molar-refractivity contribution in [2.24, 2.45) is 5.92 Å². The number of benzene rings is 1. The molecule has 1 aromatic rings. The lowest BCUT2D eigenvalue weighted by Crippen LogP contribution is -2.33. The van der Waals surface area contributed by atoms with Crippen LogP contribution >= 0.6 is 0 Å². The van der Waals surface area contributed by atoms with Gasteiger partial charge in [-0.2, -0.15) is 0 Å². The topological polar surface area (TPSA) is 49.4 Å². The minimum Gasteiger partial charge on any atom is -0.352 e. The lowest BCUT2D eigenvalue weighted by atomic mass is 9.79. The van der Waals surface area contributed by atoms with Crippen LogP contribution in [0.3, 0.4) is 0 Å². The van der Waals surface area contributed by atoms with Crippen LogP contribution in [0.4, 0.5) is 5.69 Å². The van der Waals surface area contributed by atoms with Gasteiger partial charge in [0, 0.05) is 24.8 Å². The molecular formula is C19H22N2O2. The first-order chi connectivity index (χ1) is 11.1. The van der Waals surface area contributed by atoms with Crippen LogP contribution < -0.4 is 10.2 Å². The number of carbonyl (C=O) groups excluding carboxylic acids is 2. The summed E-state index contributed by atoms with van der Waals surface area (Å²) in [6.45, 7) is 4.21. The van der Waals surface area contributed by atoms with Crippen molar-refractivity contribution in [1.29, 1.82) is 0 Å². The molecule has 0 aromatic heterocycles. The molecule has 2 saturated carbocycles. The van der Waals surface area contributed by atoms with Crippen LogP contribution in [0.5, 0.6) is 0 Å². The maximum atomic E-state index is 12.2. The Morgan fingerprint density at radius 3 is 2.43 bits per heavy atom. The summed E-state index contributed by atoms with van der Waals surface area (Å²) in [4.78, 5) is 25.2. The van der Waals surface area contributed by atoms with Crippen molar-refractivity contribution in [1.82, 2.24) is 5.32 Å². The number of allylic oxidation sites excluding steroid dienone is 2. The molecule has 0 radical (unpaired) electrons. The van der Waals surface area contributed by atoms with Gasteiger partial charge in [0.05, 0.1) is 0 Å². The molecule has 0 saturated heterocycles. The van der Waals surface area contributed by atoms with Crippen molar-refractivity contribution < 1.29 is 9.59 Å². The highest BCUT2D eigenvalue weighted by atomic mass is 16.2. The van der Waals surface area contributed by atoms with E-state index in [2.05, 4.69) is 11.9 Å². The molecule has 0 aliphatic heterocycles.